The maximum atomic E-state index is 12.6. The molecule has 0 radical (unpaired) electrons. The summed E-state index contributed by atoms with van der Waals surface area (Å²) in [6, 6.07) is 9.78. The van der Waals surface area contributed by atoms with Crippen molar-refractivity contribution in [3.8, 4) is 23.0 Å². The summed E-state index contributed by atoms with van der Waals surface area (Å²) in [6.07, 6.45) is 0. The van der Waals surface area contributed by atoms with Crippen LogP contribution in [0.2, 0.25) is 0 Å². The van der Waals surface area contributed by atoms with Crippen LogP contribution < -0.4 is 19.6 Å². The Labute approximate surface area is 164 Å². The van der Waals surface area contributed by atoms with E-state index in [1.54, 1.807) is 43.3 Å². The largest absolute Gasteiger partial charge is 0.508 e. The van der Waals surface area contributed by atoms with Crippen molar-refractivity contribution in [2.24, 2.45) is 5.10 Å². The zero-order valence-corrected chi connectivity index (χ0v) is 16.6. The molecule has 2 aromatic carbocycles. The molecule has 0 aliphatic rings. The molecule has 2 rings (SSSR count). The minimum Gasteiger partial charge on any atom is -0.508 e. The van der Waals surface area contributed by atoms with E-state index in [4.69, 9.17) is 14.2 Å². The van der Waals surface area contributed by atoms with E-state index in [2.05, 4.69) is 10.5 Å². The van der Waals surface area contributed by atoms with Gasteiger partial charge in [0.05, 0.1) is 25.5 Å². The van der Waals surface area contributed by atoms with Crippen LogP contribution in [0.1, 0.15) is 43.6 Å². The number of amides is 1. The molecule has 0 fully saturated rings. The van der Waals surface area contributed by atoms with Crippen molar-refractivity contribution in [2.45, 2.75) is 27.7 Å². The van der Waals surface area contributed by atoms with Gasteiger partial charge in [-0.15, -0.1) is 0 Å². The van der Waals surface area contributed by atoms with Gasteiger partial charge in [-0.1, -0.05) is 0 Å². The van der Waals surface area contributed by atoms with Crippen LogP contribution >= 0.6 is 0 Å². The Bertz CT molecular complexity index is 804. The number of carbonyl (C=O) groups excluding carboxylic acids is 1. The molecular weight excluding hydrogens is 360 g/mol. The molecule has 0 heterocycles. The van der Waals surface area contributed by atoms with Crippen molar-refractivity contribution in [3.63, 3.8) is 0 Å². The lowest BCUT2D eigenvalue weighted by molar-refractivity contribution is 0.0953. The zero-order chi connectivity index (χ0) is 20.5. The lowest BCUT2D eigenvalue weighted by atomic mass is 10.1. The maximum absolute atomic E-state index is 12.6. The topological polar surface area (TPSA) is 89.4 Å². The monoisotopic (exact) mass is 386 g/mol. The first-order chi connectivity index (χ1) is 13.5. The third-order valence-corrected chi connectivity index (χ3v) is 3.78. The molecular formula is C21H26N2O5. The van der Waals surface area contributed by atoms with Gasteiger partial charge in [-0.25, -0.2) is 5.43 Å². The number of hydrogen-bond acceptors (Lipinski definition) is 6. The van der Waals surface area contributed by atoms with Gasteiger partial charge < -0.3 is 19.3 Å². The van der Waals surface area contributed by atoms with E-state index in [1.807, 2.05) is 20.8 Å². The van der Waals surface area contributed by atoms with Gasteiger partial charge in [-0.2, -0.15) is 5.10 Å². The number of nitrogens with zero attached hydrogens (tertiary/aromatic N) is 1. The average molecular weight is 386 g/mol. The Balaban J connectivity index is 2.28. The Morgan fingerprint density at radius 2 is 1.46 bits per heavy atom. The molecule has 2 aromatic rings. The van der Waals surface area contributed by atoms with Gasteiger partial charge in [0, 0.05) is 5.56 Å². The fourth-order valence-electron chi connectivity index (χ4n) is 2.49. The van der Waals surface area contributed by atoms with Crippen molar-refractivity contribution in [1.82, 2.24) is 5.43 Å². The molecule has 0 aromatic heterocycles. The van der Waals surface area contributed by atoms with E-state index in [-0.39, 0.29) is 5.75 Å². The number of benzene rings is 2. The number of carbonyl (C=O) groups is 1. The second kappa shape index (κ2) is 10.2. The van der Waals surface area contributed by atoms with Gasteiger partial charge in [0.15, 0.2) is 11.5 Å². The first kappa shape index (κ1) is 21.1. The highest BCUT2D eigenvalue weighted by atomic mass is 16.5. The van der Waals surface area contributed by atoms with Crippen LogP contribution in [0.3, 0.4) is 0 Å². The second-order valence-electron chi connectivity index (χ2n) is 5.79. The van der Waals surface area contributed by atoms with E-state index in [0.29, 0.717) is 48.3 Å². The minimum absolute atomic E-state index is 0.168. The first-order valence-electron chi connectivity index (χ1n) is 9.20. The third-order valence-electron chi connectivity index (χ3n) is 3.78. The van der Waals surface area contributed by atoms with Gasteiger partial charge in [0.25, 0.3) is 5.91 Å². The quantitative estimate of drug-likeness (QED) is 0.506. The number of nitrogens with one attached hydrogen (secondary N) is 1. The number of ether oxygens (including phenoxy) is 3. The van der Waals surface area contributed by atoms with E-state index in [0.717, 1.165) is 5.56 Å². The van der Waals surface area contributed by atoms with Crippen molar-refractivity contribution >= 4 is 11.6 Å². The summed E-state index contributed by atoms with van der Waals surface area (Å²) in [6.45, 7) is 8.64. The molecule has 0 spiro atoms. The van der Waals surface area contributed by atoms with Crippen molar-refractivity contribution in [1.29, 1.82) is 0 Å². The smallest absolute Gasteiger partial charge is 0.271 e. The lowest BCUT2D eigenvalue weighted by Crippen LogP contribution is -2.20. The average Bonchev–Trinajstić information content (AvgIpc) is 2.69. The molecule has 150 valence electrons. The number of hydrazone groups is 1. The maximum Gasteiger partial charge on any atom is 0.271 e. The van der Waals surface area contributed by atoms with E-state index in [9.17, 15) is 9.90 Å². The molecule has 28 heavy (non-hydrogen) atoms. The number of phenolic OH excluding ortho intramolecular Hbond substituents is 1. The summed E-state index contributed by atoms with van der Waals surface area (Å²) >= 11 is 0. The van der Waals surface area contributed by atoms with Gasteiger partial charge in [-0.05, 0) is 69.7 Å². The highest BCUT2D eigenvalue weighted by Gasteiger charge is 2.18. The number of aromatic hydroxyl groups is 1. The van der Waals surface area contributed by atoms with Crippen LogP contribution in [0.25, 0.3) is 0 Å². The predicted octanol–water partition coefficient (Wildman–Crippen LogP) is 3.74. The molecule has 0 unspecified atom stereocenters. The van der Waals surface area contributed by atoms with E-state index in [1.165, 1.54) is 0 Å². The first-order valence-corrected chi connectivity index (χ1v) is 9.20. The molecule has 0 saturated carbocycles. The van der Waals surface area contributed by atoms with Gasteiger partial charge in [-0.3, -0.25) is 4.79 Å². The molecule has 0 aliphatic heterocycles. The molecule has 0 atom stereocenters. The van der Waals surface area contributed by atoms with Gasteiger partial charge >= 0.3 is 0 Å². The highest BCUT2D eigenvalue weighted by Crippen LogP contribution is 2.39. The molecule has 7 nitrogen and oxygen atoms in total. The SMILES string of the molecule is CCOc1cc(C(=O)NN=C(C)c2ccc(O)cc2)cc(OCC)c1OCC. The normalized spacial score (nSPS) is 11.1. The lowest BCUT2D eigenvalue weighted by Gasteiger charge is -2.16. The Morgan fingerprint density at radius 3 is 1.96 bits per heavy atom. The van der Waals surface area contributed by atoms with Crippen LogP contribution in [-0.4, -0.2) is 36.5 Å². The highest BCUT2D eigenvalue weighted by molar-refractivity contribution is 6.01. The number of phenols is 1. The van der Waals surface area contributed by atoms with Crippen molar-refractivity contribution < 1.29 is 24.1 Å². The van der Waals surface area contributed by atoms with Crippen LogP contribution in [0, 0.1) is 0 Å². The Kier molecular flexibility index (Phi) is 7.68. The van der Waals surface area contributed by atoms with Gasteiger partial charge in [0.1, 0.15) is 5.75 Å². The Morgan fingerprint density at radius 1 is 0.929 bits per heavy atom. The van der Waals surface area contributed by atoms with Crippen LogP contribution in [-0.2, 0) is 0 Å². The van der Waals surface area contributed by atoms with E-state index < -0.39 is 5.91 Å². The summed E-state index contributed by atoms with van der Waals surface area (Å²) < 4.78 is 16.9. The minimum atomic E-state index is -0.400. The fourth-order valence-corrected chi connectivity index (χ4v) is 2.49. The second-order valence-corrected chi connectivity index (χ2v) is 5.79. The molecule has 2 N–H and O–H groups in total. The van der Waals surface area contributed by atoms with Crippen molar-refractivity contribution in [3.05, 3.63) is 47.5 Å². The molecule has 1 amide bonds. The summed E-state index contributed by atoms with van der Waals surface area (Å²) in [5.74, 6) is 1.14. The standard InChI is InChI=1S/C21H26N2O5/c1-5-26-18-12-16(13-19(27-6-2)20(18)28-7-3)21(25)23-22-14(4)15-8-10-17(24)11-9-15/h8-13,24H,5-7H2,1-4H3,(H,23,25). The third kappa shape index (κ3) is 5.39. The van der Waals surface area contributed by atoms with Gasteiger partial charge in [0.2, 0.25) is 5.75 Å². The number of rotatable bonds is 9. The summed E-state index contributed by atoms with van der Waals surface area (Å²) in [5, 5.41) is 13.5. The molecule has 0 aliphatic carbocycles. The molecule has 0 saturated heterocycles. The predicted molar refractivity (Wildman–Crippen MR) is 108 cm³/mol. The Hall–Kier alpha value is -3.22. The summed E-state index contributed by atoms with van der Waals surface area (Å²) in [7, 11) is 0. The van der Waals surface area contributed by atoms with Crippen LogP contribution in [0.15, 0.2) is 41.5 Å². The van der Waals surface area contributed by atoms with Crippen LogP contribution in [0.4, 0.5) is 0 Å². The number of hydrogen-bond donors (Lipinski definition) is 2. The fraction of sp³-hybridized carbons (Fsp3) is 0.333. The summed E-state index contributed by atoms with van der Waals surface area (Å²) in [4.78, 5) is 12.6. The van der Waals surface area contributed by atoms with Crippen molar-refractivity contribution in [2.75, 3.05) is 19.8 Å². The zero-order valence-electron chi connectivity index (χ0n) is 16.6. The molecule has 0 bridgehead atoms. The summed E-state index contributed by atoms with van der Waals surface area (Å²) in [5.41, 5.74) is 4.27. The van der Waals surface area contributed by atoms with Crippen LogP contribution in [0.5, 0.6) is 23.0 Å². The molecule has 7 heteroatoms. The van der Waals surface area contributed by atoms with E-state index >= 15 is 0 Å².